The van der Waals surface area contributed by atoms with Crippen LogP contribution in [0, 0.1) is 0 Å². The Morgan fingerprint density at radius 2 is 1.00 bits per heavy atom. The molecular weight excluding hydrogens is 258 g/mol. The first-order chi connectivity index (χ1) is 0. The minimum atomic E-state index is 0. The molecule has 0 nitrogen and oxygen atoms in total. The van der Waals surface area contributed by atoms with Gasteiger partial charge in [-0.1, -0.05) is 0 Å². The van der Waals surface area contributed by atoms with Gasteiger partial charge in [0.15, 0.2) is 0 Å². The van der Waals surface area contributed by atoms with E-state index in [-0.39, 0.29) is 99.7 Å². The standard InChI is InChI=1S/Fe.Mn.Na.Ni.Zn.H. The van der Waals surface area contributed by atoms with E-state index in [4.69, 9.17) is 0 Å². The Kier molecular flexibility index (Phi) is 228. The van der Waals surface area contributed by atoms with Crippen LogP contribution in [-0.2, 0) is 70.1 Å². The van der Waals surface area contributed by atoms with Crippen molar-refractivity contribution < 1.29 is 70.1 Å². The average molecular weight is 259 g/mol. The van der Waals surface area contributed by atoms with Crippen molar-refractivity contribution in [3.63, 3.8) is 0 Å². The van der Waals surface area contributed by atoms with E-state index >= 15 is 0 Å². The first kappa shape index (κ1) is 41.9. The molecule has 0 rings (SSSR count). The molecule has 0 spiro atoms. The van der Waals surface area contributed by atoms with Gasteiger partial charge in [0.25, 0.3) is 0 Å². The summed E-state index contributed by atoms with van der Waals surface area (Å²) in [5, 5.41) is 0. The molecule has 0 bridgehead atoms. The third-order valence-corrected chi connectivity index (χ3v) is 0. The predicted molar refractivity (Wildman–Crippen MR) is 7.15 cm³/mol. The van der Waals surface area contributed by atoms with Crippen LogP contribution in [0.3, 0.4) is 0 Å². The fourth-order valence-electron chi connectivity index (χ4n) is 0. The molecule has 0 unspecified atom stereocenters. The van der Waals surface area contributed by atoms with E-state index in [0.29, 0.717) is 0 Å². The smallest absolute Gasteiger partial charge is 0 e. The SMILES string of the molecule is [Fe].[Mn].[NaH].[Ni].[Zn]. The molecule has 0 aliphatic heterocycles. The molecule has 0 aliphatic carbocycles. The van der Waals surface area contributed by atoms with Gasteiger partial charge >= 0.3 is 29.6 Å². The maximum absolute atomic E-state index is 0. The molecular formula is HFeMnNaNiZn. The average Bonchev–Trinajstić information content (AvgIpc) is 0. The first-order valence-electron chi connectivity index (χ1n) is 0. The van der Waals surface area contributed by atoms with Gasteiger partial charge in [-0.05, 0) is 0 Å². The summed E-state index contributed by atoms with van der Waals surface area (Å²) in [6.07, 6.45) is 0. The van der Waals surface area contributed by atoms with Crippen molar-refractivity contribution in [1.29, 1.82) is 0 Å². The van der Waals surface area contributed by atoms with E-state index in [9.17, 15) is 0 Å². The zero-order valence-corrected chi connectivity index (χ0v) is 7.99. The van der Waals surface area contributed by atoms with E-state index in [1.165, 1.54) is 0 Å². The molecule has 0 amide bonds. The summed E-state index contributed by atoms with van der Waals surface area (Å²) < 4.78 is 0. The Labute approximate surface area is 97.9 Å². The van der Waals surface area contributed by atoms with Crippen LogP contribution in [0.25, 0.3) is 0 Å². The van der Waals surface area contributed by atoms with Gasteiger partial charge in [-0.3, -0.25) is 0 Å². The maximum Gasteiger partial charge on any atom is 0 e. The summed E-state index contributed by atoms with van der Waals surface area (Å²) in [5.41, 5.74) is 0. The van der Waals surface area contributed by atoms with Gasteiger partial charge in [-0.25, -0.2) is 0 Å². The molecule has 0 atom stereocenters. The second-order valence-corrected chi connectivity index (χ2v) is 0. The van der Waals surface area contributed by atoms with Gasteiger partial charge < -0.3 is 0 Å². The molecule has 0 fully saturated rings. The van der Waals surface area contributed by atoms with Gasteiger partial charge in [-0.2, -0.15) is 0 Å². The van der Waals surface area contributed by atoms with Gasteiger partial charge in [0, 0.05) is 70.1 Å². The van der Waals surface area contributed by atoms with Crippen LogP contribution in [0.4, 0.5) is 0 Å². The van der Waals surface area contributed by atoms with Crippen molar-refractivity contribution in [3.8, 4) is 0 Å². The summed E-state index contributed by atoms with van der Waals surface area (Å²) in [4.78, 5) is 0. The van der Waals surface area contributed by atoms with Crippen molar-refractivity contribution in [2.45, 2.75) is 0 Å². The monoisotopic (exact) mass is 257 g/mol. The molecule has 0 N–H and O–H groups in total. The number of rotatable bonds is 0. The molecule has 0 saturated heterocycles. The number of hydrogen-bond acceptors (Lipinski definition) is 0. The van der Waals surface area contributed by atoms with Crippen LogP contribution >= 0.6 is 0 Å². The van der Waals surface area contributed by atoms with Gasteiger partial charge in [0.2, 0.25) is 0 Å². The molecule has 5 heavy (non-hydrogen) atoms. The van der Waals surface area contributed by atoms with Crippen LogP contribution in [-0.4, -0.2) is 29.6 Å². The molecule has 0 aliphatic rings. The predicted octanol–water partition coefficient (Wildman–Crippen LogP) is -0.659. The zero-order chi connectivity index (χ0) is 0. The van der Waals surface area contributed by atoms with Crippen LogP contribution < -0.4 is 0 Å². The summed E-state index contributed by atoms with van der Waals surface area (Å²) >= 11 is 0. The largest absolute Gasteiger partial charge is 0 e. The van der Waals surface area contributed by atoms with Gasteiger partial charge in [-0.15, -0.1) is 0 Å². The van der Waals surface area contributed by atoms with Gasteiger partial charge in [0.05, 0.1) is 0 Å². The van der Waals surface area contributed by atoms with Crippen LogP contribution in [0.1, 0.15) is 0 Å². The van der Waals surface area contributed by atoms with Crippen LogP contribution in [0.15, 0.2) is 0 Å². The van der Waals surface area contributed by atoms with E-state index < -0.39 is 0 Å². The van der Waals surface area contributed by atoms with Crippen molar-refractivity contribution in [2.24, 2.45) is 0 Å². The van der Waals surface area contributed by atoms with Gasteiger partial charge in [0.1, 0.15) is 0 Å². The second kappa shape index (κ2) is 27.2. The molecule has 0 saturated carbocycles. The molecule has 0 heterocycles. The molecule has 5 heteroatoms. The van der Waals surface area contributed by atoms with Crippen molar-refractivity contribution in [1.82, 2.24) is 0 Å². The van der Waals surface area contributed by atoms with Crippen LogP contribution in [0.2, 0.25) is 0 Å². The minimum Gasteiger partial charge on any atom is 0 e. The van der Waals surface area contributed by atoms with Crippen molar-refractivity contribution in [2.75, 3.05) is 0 Å². The molecule has 0 aromatic heterocycles. The minimum absolute atomic E-state index is 0. The van der Waals surface area contributed by atoms with E-state index in [0.717, 1.165) is 0 Å². The normalized spacial score (nSPS) is 0. The Morgan fingerprint density at radius 1 is 1.00 bits per heavy atom. The summed E-state index contributed by atoms with van der Waals surface area (Å²) in [5.74, 6) is 0. The fraction of sp³-hybridized carbons (Fsp3) is 0. The topological polar surface area (TPSA) is 0 Å². The molecule has 1 radical (unpaired) electrons. The first-order valence-corrected chi connectivity index (χ1v) is 0. The molecule has 0 aromatic rings. The summed E-state index contributed by atoms with van der Waals surface area (Å²) in [6, 6.07) is 0. The summed E-state index contributed by atoms with van der Waals surface area (Å²) in [7, 11) is 0. The Morgan fingerprint density at radius 3 is 1.00 bits per heavy atom. The Hall–Kier alpha value is 3.16. The third-order valence-electron chi connectivity index (χ3n) is 0. The Balaban J connectivity index is 0. The summed E-state index contributed by atoms with van der Waals surface area (Å²) in [6.45, 7) is 0. The van der Waals surface area contributed by atoms with E-state index in [2.05, 4.69) is 0 Å². The van der Waals surface area contributed by atoms with Crippen molar-refractivity contribution in [3.05, 3.63) is 0 Å². The van der Waals surface area contributed by atoms with Crippen molar-refractivity contribution >= 4 is 29.6 Å². The van der Waals surface area contributed by atoms with E-state index in [1.54, 1.807) is 0 Å². The maximum atomic E-state index is 0. The number of hydrogen-bond donors (Lipinski definition) is 0. The third kappa shape index (κ3) is 19.1. The van der Waals surface area contributed by atoms with E-state index in [1.807, 2.05) is 0 Å². The fourth-order valence-corrected chi connectivity index (χ4v) is 0. The zero-order valence-electron chi connectivity index (χ0n) is 1.75. The Bertz CT molecular complexity index is 11.6. The molecule has 29 valence electrons. The quantitative estimate of drug-likeness (QED) is 0.507. The van der Waals surface area contributed by atoms with Crippen LogP contribution in [0.5, 0.6) is 0 Å². The molecule has 0 aromatic carbocycles. The second-order valence-electron chi connectivity index (χ2n) is 0.